The van der Waals surface area contributed by atoms with E-state index >= 15 is 0 Å². The normalized spacial score (nSPS) is 17.9. The zero-order valence-electron chi connectivity index (χ0n) is 13.3. The largest absolute Gasteiger partial charge is 0.355 e. The molecule has 124 valence electrons. The first-order chi connectivity index (χ1) is 9.99. The summed E-state index contributed by atoms with van der Waals surface area (Å²) in [6.45, 7) is 6.97. The number of amides is 1. The van der Waals surface area contributed by atoms with E-state index in [1.807, 2.05) is 24.3 Å². The van der Waals surface area contributed by atoms with Gasteiger partial charge in [-0.15, -0.1) is 12.4 Å². The second kappa shape index (κ2) is 8.76. The molecule has 1 saturated heterocycles. The van der Waals surface area contributed by atoms with Crippen molar-refractivity contribution in [2.75, 3.05) is 19.6 Å². The van der Waals surface area contributed by atoms with Gasteiger partial charge in [-0.1, -0.05) is 43.6 Å². The van der Waals surface area contributed by atoms with Gasteiger partial charge in [-0.05, 0) is 43.5 Å². The van der Waals surface area contributed by atoms with Gasteiger partial charge in [0.2, 0.25) is 5.91 Å². The van der Waals surface area contributed by atoms with Gasteiger partial charge >= 0.3 is 0 Å². The first kappa shape index (κ1) is 19.3. The first-order valence-corrected chi connectivity index (χ1v) is 8.09. The van der Waals surface area contributed by atoms with Crippen LogP contribution < -0.4 is 10.6 Å². The fraction of sp³-hybridized carbons (Fsp3) is 0.588. The van der Waals surface area contributed by atoms with Crippen molar-refractivity contribution < 1.29 is 4.79 Å². The molecule has 0 saturated carbocycles. The van der Waals surface area contributed by atoms with Crippen LogP contribution in [-0.2, 0) is 10.2 Å². The van der Waals surface area contributed by atoms with Gasteiger partial charge in [0.25, 0.3) is 0 Å². The quantitative estimate of drug-likeness (QED) is 0.828. The lowest BCUT2D eigenvalue weighted by atomic mass is 9.84. The number of nitrogens with one attached hydrogen (secondary N) is 2. The Labute approximate surface area is 144 Å². The van der Waals surface area contributed by atoms with Gasteiger partial charge < -0.3 is 10.6 Å². The lowest BCUT2D eigenvalue weighted by Gasteiger charge is -2.26. The van der Waals surface area contributed by atoms with Crippen LogP contribution in [-0.4, -0.2) is 25.5 Å². The Balaban J connectivity index is 0.00000242. The Hall–Kier alpha value is -0.770. The highest BCUT2D eigenvalue weighted by atomic mass is 35.5. The predicted octanol–water partition coefficient (Wildman–Crippen LogP) is 3.55. The molecule has 1 amide bonds. The molecule has 3 nitrogen and oxygen atoms in total. The highest BCUT2D eigenvalue weighted by molar-refractivity contribution is 6.31. The molecule has 1 aliphatic rings. The van der Waals surface area contributed by atoms with E-state index < -0.39 is 0 Å². The van der Waals surface area contributed by atoms with E-state index in [-0.39, 0.29) is 23.7 Å². The number of rotatable bonds is 6. The Kier molecular flexibility index (Phi) is 7.67. The minimum absolute atomic E-state index is 0. The molecule has 22 heavy (non-hydrogen) atoms. The number of hydrogen-bond acceptors (Lipinski definition) is 2. The van der Waals surface area contributed by atoms with Crippen LogP contribution in [0.3, 0.4) is 0 Å². The molecule has 1 fully saturated rings. The van der Waals surface area contributed by atoms with E-state index in [9.17, 15) is 4.79 Å². The zero-order valence-corrected chi connectivity index (χ0v) is 14.9. The van der Waals surface area contributed by atoms with Gasteiger partial charge in [-0.25, -0.2) is 0 Å². The number of hydrogen-bond donors (Lipinski definition) is 2. The summed E-state index contributed by atoms with van der Waals surface area (Å²) in [5.74, 6) is 0.800. The minimum atomic E-state index is -0.164. The van der Waals surface area contributed by atoms with Crippen LogP contribution in [0.4, 0.5) is 0 Å². The monoisotopic (exact) mass is 344 g/mol. The highest BCUT2D eigenvalue weighted by Gasteiger charge is 2.24. The van der Waals surface area contributed by atoms with Gasteiger partial charge in [0.05, 0.1) is 0 Å². The molecule has 0 aliphatic carbocycles. The third kappa shape index (κ3) is 5.45. The number of carbonyl (C=O) groups excluding carboxylic acids is 1. The van der Waals surface area contributed by atoms with Crippen LogP contribution in [0.15, 0.2) is 24.3 Å². The van der Waals surface area contributed by atoms with E-state index in [4.69, 9.17) is 11.6 Å². The average molecular weight is 345 g/mol. The van der Waals surface area contributed by atoms with Gasteiger partial charge in [0.15, 0.2) is 0 Å². The van der Waals surface area contributed by atoms with Gasteiger partial charge in [-0.2, -0.15) is 0 Å². The maximum absolute atomic E-state index is 12.0. The summed E-state index contributed by atoms with van der Waals surface area (Å²) < 4.78 is 0. The summed E-state index contributed by atoms with van der Waals surface area (Å²) in [7, 11) is 0. The molecule has 2 N–H and O–H groups in total. The fourth-order valence-electron chi connectivity index (χ4n) is 2.81. The first-order valence-electron chi connectivity index (χ1n) is 7.71. The molecule has 1 aliphatic heterocycles. The van der Waals surface area contributed by atoms with Crippen LogP contribution in [0.1, 0.15) is 38.7 Å². The highest BCUT2D eigenvalue weighted by Crippen LogP contribution is 2.29. The summed E-state index contributed by atoms with van der Waals surface area (Å²) in [5.41, 5.74) is 0.912. The zero-order chi connectivity index (χ0) is 15.3. The Morgan fingerprint density at radius 1 is 1.41 bits per heavy atom. The third-order valence-corrected chi connectivity index (χ3v) is 4.60. The van der Waals surface area contributed by atoms with E-state index in [1.54, 1.807) is 0 Å². The van der Waals surface area contributed by atoms with Crippen LogP contribution in [0.5, 0.6) is 0 Å². The maximum Gasteiger partial charge on any atom is 0.220 e. The number of halogens is 2. The second-order valence-corrected chi connectivity index (χ2v) is 6.95. The van der Waals surface area contributed by atoms with Crippen molar-refractivity contribution in [2.24, 2.45) is 5.92 Å². The molecule has 1 unspecified atom stereocenters. The van der Waals surface area contributed by atoms with Crippen LogP contribution >= 0.6 is 24.0 Å². The van der Waals surface area contributed by atoms with E-state index in [0.717, 1.165) is 30.1 Å². The molecule has 2 rings (SSSR count). The SMILES string of the molecule is CC(C)(CNC(=O)CCC1CCNC1)c1ccccc1Cl.Cl. The third-order valence-electron chi connectivity index (χ3n) is 4.27. The molecule has 0 radical (unpaired) electrons. The summed E-state index contributed by atoms with van der Waals surface area (Å²) in [5, 5.41) is 7.15. The van der Waals surface area contributed by atoms with Crippen molar-refractivity contribution >= 4 is 29.9 Å². The molecule has 0 bridgehead atoms. The number of carbonyl (C=O) groups is 1. The van der Waals surface area contributed by atoms with Crippen molar-refractivity contribution in [3.63, 3.8) is 0 Å². The molecular weight excluding hydrogens is 319 g/mol. The van der Waals surface area contributed by atoms with Crippen molar-refractivity contribution in [1.82, 2.24) is 10.6 Å². The lowest BCUT2D eigenvalue weighted by Crippen LogP contribution is -2.37. The Morgan fingerprint density at radius 2 is 2.14 bits per heavy atom. The van der Waals surface area contributed by atoms with E-state index in [2.05, 4.69) is 24.5 Å². The lowest BCUT2D eigenvalue weighted by molar-refractivity contribution is -0.121. The topological polar surface area (TPSA) is 41.1 Å². The molecule has 5 heteroatoms. The van der Waals surface area contributed by atoms with Gasteiger partial charge in [-0.3, -0.25) is 4.79 Å². The van der Waals surface area contributed by atoms with Crippen molar-refractivity contribution in [3.05, 3.63) is 34.9 Å². The predicted molar refractivity (Wildman–Crippen MR) is 94.9 cm³/mol. The fourth-order valence-corrected chi connectivity index (χ4v) is 3.20. The Morgan fingerprint density at radius 3 is 2.77 bits per heavy atom. The van der Waals surface area contributed by atoms with Gasteiger partial charge in [0, 0.05) is 23.4 Å². The smallest absolute Gasteiger partial charge is 0.220 e. The molecule has 1 atom stereocenters. The maximum atomic E-state index is 12.0. The summed E-state index contributed by atoms with van der Waals surface area (Å²) >= 11 is 6.25. The molecule has 0 aromatic heterocycles. The molecule has 1 aromatic rings. The minimum Gasteiger partial charge on any atom is -0.355 e. The molecule has 0 spiro atoms. The number of benzene rings is 1. The standard InChI is InChI=1S/C17H25ClN2O.ClH/c1-17(2,14-5-3-4-6-15(14)18)12-20-16(21)8-7-13-9-10-19-11-13;/h3-6,13,19H,7-12H2,1-2H3,(H,20,21);1H. The average Bonchev–Trinajstić information content (AvgIpc) is 2.96. The van der Waals surface area contributed by atoms with E-state index in [0.29, 0.717) is 18.9 Å². The summed E-state index contributed by atoms with van der Waals surface area (Å²) in [6, 6.07) is 7.83. The van der Waals surface area contributed by atoms with E-state index in [1.165, 1.54) is 6.42 Å². The summed E-state index contributed by atoms with van der Waals surface area (Å²) in [6.07, 6.45) is 2.79. The van der Waals surface area contributed by atoms with Crippen LogP contribution in [0.2, 0.25) is 5.02 Å². The molecule has 1 heterocycles. The van der Waals surface area contributed by atoms with Crippen molar-refractivity contribution in [3.8, 4) is 0 Å². The van der Waals surface area contributed by atoms with Gasteiger partial charge in [0.1, 0.15) is 0 Å². The van der Waals surface area contributed by atoms with Crippen molar-refractivity contribution in [2.45, 2.75) is 38.5 Å². The molecular formula is C17H26Cl2N2O. The Bertz CT molecular complexity index is 485. The van der Waals surface area contributed by atoms with Crippen LogP contribution in [0.25, 0.3) is 0 Å². The molecule has 1 aromatic carbocycles. The van der Waals surface area contributed by atoms with Crippen LogP contribution in [0, 0.1) is 5.92 Å². The summed E-state index contributed by atoms with van der Waals surface area (Å²) in [4.78, 5) is 12.0. The van der Waals surface area contributed by atoms with Crippen molar-refractivity contribution in [1.29, 1.82) is 0 Å². The second-order valence-electron chi connectivity index (χ2n) is 6.54.